The highest BCUT2D eigenvalue weighted by atomic mass is 16.1. The van der Waals surface area contributed by atoms with Crippen LogP contribution in [0.2, 0.25) is 0 Å². The second-order valence-corrected chi connectivity index (χ2v) is 8.20. The number of rotatable bonds is 6. The molecule has 0 aliphatic carbocycles. The van der Waals surface area contributed by atoms with Crippen LogP contribution in [0.1, 0.15) is 59.9 Å². The maximum absolute atomic E-state index is 12.7. The Morgan fingerprint density at radius 1 is 1.14 bits per heavy atom. The van der Waals surface area contributed by atoms with Gasteiger partial charge in [0.1, 0.15) is 0 Å². The lowest BCUT2D eigenvalue weighted by molar-refractivity contribution is 0.0950. The average molecular weight is 392 g/mol. The van der Waals surface area contributed by atoms with E-state index >= 15 is 0 Å². The quantitative estimate of drug-likeness (QED) is 0.693. The molecule has 0 saturated carbocycles. The van der Waals surface area contributed by atoms with Gasteiger partial charge in [0.05, 0.1) is 17.5 Å². The van der Waals surface area contributed by atoms with Gasteiger partial charge in [0, 0.05) is 24.5 Å². The van der Waals surface area contributed by atoms with Crippen molar-refractivity contribution >= 4 is 16.9 Å². The van der Waals surface area contributed by atoms with E-state index in [2.05, 4.69) is 58.4 Å². The van der Waals surface area contributed by atoms with Gasteiger partial charge in [0.25, 0.3) is 5.91 Å². The molecule has 1 aliphatic rings. The molecule has 152 valence electrons. The van der Waals surface area contributed by atoms with Crippen molar-refractivity contribution in [2.45, 2.75) is 52.7 Å². The number of benzene rings is 1. The Labute approximate surface area is 171 Å². The highest BCUT2D eigenvalue weighted by Crippen LogP contribution is 2.19. The van der Waals surface area contributed by atoms with Gasteiger partial charge in [-0.1, -0.05) is 24.3 Å². The van der Waals surface area contributed by atoms with Crippen molar-refractivity contribution in [3.05, 3.63) is 58.9 Å². The Balaban J connectivity index is 1.41. The van der Waals surface area contributed by atoms with Gasteiger partial charge in [-0.3, -0.25) is 9.69 Å². The van der Waals surface area contributed by atoms with Crippen LogP contribution in [-0.4, -0.2) is 38.7 Å². The van der Waals surface area contributed by atoms with Gasteiger partial charge in [-0.25, -0.2) is 9.67 Å². The zero-order valence-corrected chi connectivity index (χ0v) is 17.5. The molecule has 1 fully saturated rings. The zero-order chi connectivity index (χ0) is 20.4. The molecule has 1 aromatic carbocycles. The first-order valence-electron chi connectivity index (χ1n) is 10.4. The third-order valence-electron chi connectivity index (χ3n) is 5.57. The SMILES string of the molecule is Cc1nc2c(cnn2C(C)C)cc1C(=O)NCc1ccc(CN2CCCC2)cc1. The fourth-order valence-corrected chi connectivity index (χ4v) is 3.91. The first kappa shape index (κ1) is 19.6. The van der Waals surface area contributed by atoms with Gasteiger partial charge in [-0.2, -0.15) is 5.10 Å². The lowest BCUT2D eigenvalue weighted by atomic mass is 10.1. The predicted molar refractivity (Wildman–Crippen MR) is 115 cm³/mol. The van der Waals surface area contributed by atoms with E-state index in [1.54, 1.807) is 6.20 Å². The minimum absolute atomic E-state index is 0.102. The van der Waals surface area contributed by atoms with Gasteiger partial charge < -0.3 is 5.32 Å². The monoisotopic (exact) mass is 391 g/mol. The molecule has 1 amide bonds. The number of pyridine rings is 1. The van der Waals surface area contributed by atoms with Crippen LogP contribution in [0.15, 0.2) is 36.5 Å². The fraction of sp³-hybridized carbons (Fsp3) is 0.435. The van der Waals surface area contributed by atoms with Gasteiger partial charge in [-0.15, -0.1) is 0 Å². The van der Waals surface area contributed by atoms with Crippen LogP contribution in [0.5, 0.6) is 0 Å². The van der Waals surface area contributed by atoms with Crippen molar-refractivity contribution < 1.29 is 4.79 Å². The van der Waals surface area contributed by atoms with Crippen LogP contribution >= 0.6 is 0 Å². The number of aromatic nitrogens is 3. The third kappa shape index (κ3) is 4.32. The summed E-state index contributed by atoms with van der Waals surface area (Å²) in [6.45, 7) is 9.94. The first-order valence-corrected chi connectivity index (χ1v) is 10.4. The minimum atomic E-state index is -0.102. The highest BCUT2D eigenvalue weighted by Gasteiger charge is 2.15. The van der Waals surface area contributed by atoms with Gasteiger partial charge in [0.15, 0.2) is 5.65 Å². The summed E-state index contributed by atoms with van der Waals surface area (Å²) in [5.41, 5.74) is 4.57. The number of nitrogens with one attached hydrogen (secondary N) is 1. The second kappa shape index (κ2) is 8.33. The van der Waals surface area contributed by atoms with Crippen molar-refractivity contribution in [3.63, 3.8) is 0 Å². The smallest absolute Gasteiger partial charge is 0.253 e. The predicted octanol–water partition coefficient (Wildman–Crippen LogP) is 3.85. The molecule has 6 heteroatoms. The van der Waals surface area contributed by atoms with Crippen molar-refractivity contribution in [2.75, 3.05) is 13.1 Å². The van der Waals surface area contributed by atoms with E-state index in [1.165, 1.54) is 31.5 Å². The molecule has 2 aromatic heterocycles. The van der Waals surface area contributed by atoms with Crippen LogP contribution < -0.4 is 5.32 Å². The van der Waals surface area contributed by atoms with E-state index in [4.69, 9.17) is 0 Å². The third-order valence-corrected chi connectivity index (χ3v) is 5.57. The number of aryl methyl sites for hydroxylation is 1. The summed E-state index contributed by atoms with van der Waals surface area (Å²) >= 11 is 0. The second-order valence-electron chi connectivity index (χ2n) is 8.20. The highest BCUT2D eigenvalue weighted by molar-refractivity contribution is 5.98. The summed E-state index contributed by atoms with van der Waals surface area (Å²) in [5.74, 6) is -0.102. The van der Waals surface area contributed by atoms with Crippen LogP contribution in [0, 0.1) is 6.92 Å². The van der Waals surface area contributed by atoms with E-state index in [1.807, 2.05) is 17.7 Å². The van der Waals surface area contributed by atoms with Crippen LogP contribution in [0.4, 0.5) is 0 Å². The largest absolute Gasteiger partial charge is 0.348 e. The maximum atomic E-state index is 12.7. The van der Waals surface area contributed by atoms with E-state index < -0.39 is 0 Å². The molecule has 0 bridgehead atoms. The Morgan fingerprint density at radius 3 is 2.52 bits per heavy atom. The number of hydrogen-bond donors (Lipinski definition) is 1. The van der Waals surface area contributed by atoms with E-state index in [-0.39, 0.29) is 11.9 Å². The fourth-order valence-electron chi connectivity index (χ4n) is 3.91. The van der Waals surface area contributed by atoms with E-state index in [0.717, 1.165) is 28.8 Å². The number of amides is 1. The standard InChI is InChI=1S/C23H29N5O/c1-16(2)28-22-20(14-25-28)12-21(17(3)26-22)23(29)24-13-18-6-8-19(9-7-18)15-27-10-4-5-11-27/h6-9,12,14,16H,4-5,10-11,13,15H2,1-3H3,(H,24,29). The number of hydrogen-bond acceptors (Lipinski definition) is 4. The number of likely N-dealkylation sites (tertiary alicyclic amines) is 1. The van der Waals surface area contributed by atoms with Crippen LogP contribution in [0.3, 0.4) is 0 Å². The normalized spacial score (nSPS) is 14.8. The van der Waals surface area contributed by atoms with E-state index in [0.29, 0.717) is 12.1 Å². The van der Waals surface area contributed by atoms with Gasteiger partial charge in [0.2, 0.25) is 0 Å². The minimum Gasteiger partial charge on any atom is -0.348 e. The number of carbonyl (C=O) groups excluding carboxylic acids is 1. The van der Waals surface area contributed by atoms with Crippen molar-refractivity contribution in [1.82, 2.24) is 25.0 Å². The summed E-state index contributed by atoms with van der Waals surface area (Å²) in [6, 6.07) is 10.7. The molecule has 6 nitrogen and oxygen atoms in total. The Kier molecular flexibility index (Phi) is 5.62. The molecule has 0 spiro atoms. The van der Waals surface area contributed by atoms with Crippen LogP contribution in [0.25, 0.3) is 11.0 Å². The van der Waals surface area contributed by atoms with Gasteiger partial charge in [-0.05, 0) is 63.9 Å². The molecular formula is C23H29N5O. The Morgan fingerprint density at radius 2 is 1.83 bits per heavy atom. The summed E-state index contributed by atoms with van der Waals surface area (Å²) in [4.78, 5) is 19.9. The number of nitrogens with zero attached hydrogens (tertiary/aromatic N) is 4. The Hall–Kier alpha value is -2.73. The first-order chi connectivity index (χ1) is 14.0. The van der Waals surface area contributed by atoms with Crippen molar-refractivity contribution in [3.8, 4) is 0 Å². The van der Waals surface area contributed by atoms with Crippen LogP contribution in [-0.2, 0) is 13.1 Å². The topological polar surface area (TPSA) is 63.1 Å². The summed E-state index contributed by atoms with van der Waals surface area (Å²) < 4.78 is 1.88. The molecule has 4 rings (SSSR count). The van der Waals surface area contributed by atoms with E-state index in [9.17, 15) is 4.79 Å². The summed E-state index contributed by atoms with van der Waals surface area (Å²) in [7, 11) is 0. The molecule has 3 heterocycles. The molecule has 29 heavy (non-hydrogen) atoms. The molecule has 0 atom stereocenters. The lowest BCUT2D eigenvalue weighted by Crippen LogP contribution is -2.24. The molecule has 1 saturated heterocycles. The zero-order valence-electron chi connectivity index (χ0n) is 17.5. The maximum Gasteiger partial charge on any atom is 0.253 e. The van der Waals surface area contributed by atoms with Crippen molar-refractivity contribution in [2.24, 2.45) is 0 Å². The van der Waals surface area contributed by atoms with Gasteiger partial charge >= 0.3 is 0 Å². The van der Waals surface area contributed by atoms with Crippen molar-refractivity contribution in [1.29, 1.82) is 0 Å². The number of fused-ring (bicyclic) bond motifs is 1. The molecule has 0 radical (unpaired) electrons. The molecule has 1 N–H and O–H groups in total. The average Bonchev–Trinajstić information content (AvgIpc) is 3.36. The molecule has 0 unspecified atom stereocenters. The molecule has 3 aromatic rings. The summed E-state index contributed by atoms with van der Waals surface area (Å²) in [6.07, 6.45) is 4.39. The number of carbonyl (C=O) groups is 1. The lowest BCUT2D eigenvalue weighted by Gasteiger charge is -2.15. The Bertz CT molecular complexity index is 1000. The molecular weight excluding hydrogens is 362 g/mol. The molecule has 1 aliphatic heterocycles. The summed E-state index contributed by atoms with van der Waals surface area (Å²) in [5, 5.41) is 8.31.